The molecule has 0 aliphatic carbocycles. The number of carbonyl (C=O) groups is 1. The fraction of sp³-hybridized carbons (Fsp3) is 0.182. The molecule has 0 aliphatic rings. The van der Waals surface area contributed by atoms with Gasteiger partial charge in [0.15, 0.2) is 0 Å². The van der Waals surface area contributed by atoms with E-state index in [0.717, 1.165) is 16.5 Å². The monoisotopic (exact) mass is 220 g/mol. The van der Waals surface area contributed by atoms with Crippen LogP contribution in [0.25, 0.3) is 10.9 Å². The SMILES string of the molecule is Cc1ccc2c(C(=O)C[S+]=O)c[nH]c2c1. The van der Waals surface area contributed by atoms with Crippen LogP contribution in [0.2, 0.25) is 0 Å². The van der Waals surface area contributed by atoms with Gasteiger partial charge in [0.1, 0.15) is 0 Å². The molecular weight excluding hydrogens is 210 g/mol. The molecule has 0 radical (unpaired) electrons. The maximum absolute atomic E-state index is 11.6. The Morgan fingerprint density at radius 2 is 2.27 bits per heavy atom. The minimum atomic E-state index is -0.120. The van der Waals surface area contributed by atoms with Crippen molar-refractivity contribution < 1.29 is 9.00 Å². The molecule has 0 fully saturated rings. The normalized spacial score (nSPS) is 10.5. The largest absolute Gasteiger partial charge is 0.467 e. The first-order valence-corrected chi connectivity index (χ1v) is 5.49. The Morgan fingerprint density at radius 1 is 1.47 bits per heavy atom. The van der Waals surface area contributed by atoms with E-state index in [0.29, 0.717) is 17.2 Å². The Bertz CT molecular complexity index is 530. The molecule has 1 N–H and O–H groups in total. The lowest BCUT2D eigenvalue weighted by Gasteiger charge is -1.94. The highest BCUT2D eigenvalue weighted by molar-refractivity contribution is 7.66. The third kappa shape index (κ3) is 1.80. The third-order valence-electron chi connectivity index (χ3n) is 2.33. The average molecular weight is 220 g/mol. The van der Waals surface area contributed by atoms with E-state index >= 15 is 0 Å². The summed E-state index contributed by atoms with van der Waals surface area (Å²) in [5.41, 5.74) is 2.68. The van der Waals surface area contributed by atoms with Crippen molar-refractivity contribution in [3.8, 4) is 0 Å². The molecule has 0 bridgehead atoms. The topological polar surface area (TPSA) is 49.9 Å². The van der Waals surface area contributed by atoms with Gasteiger partial charge in [-0.25, -0.2) is 0 Å². The van der Waals surface area contributed by atoms with Crippen molar-refractivity contribution in [2.75, 3.05) is 5.75 Å². The van der Waals surface area contributed by atoms with E-state index in [2.05, 4.69) is 4.98 Å². The van der Waals surface area contributed by atoms with Gasteiger partial charge in [0, 0.05) is 26.9 Å². The summed E-state index contributed by atoms with van der Waals surface area (Å²) in [5, 5.41) is 0.889. The van der Waals surface area contributed by atoms with Gasteiger partial charge < -0.3 is 4.98 Å². The van der Waals surface area contributed by atoms with Crippen LogP contribution < -0.4 is 0 Å². The minimum absolute atomic E-state index is 0.0131. The zero-order valence-electron chi connectivity index (χ0n) is 8.24. The molecule has 0 saturated carbocycles. The van der Waals surface area contributed by atoms with Crippen LogP contribution in [0, 0.1) is 6.92 Å². The highest BCUT2D eigenvalue weighted by atomic mass is 32.1. The standard InChI is InChI=1S/C11H9NO2S/c1-7-2-3-8-9(11(13)6-15-14)5-12-10(8)4-7/h2-5H,6H2,1H3/p+1. The molecular formula is C11H10NO2S+. The highest BCUT2D eigenvalue weighted by Crippen LogP contribution is 2.19. The lowest BCUT2D eigenvalue weighted by atomic mass is 10.1. The second-order valence-electron chi connectivity index (χ2n) is 3.44. The molecule has 76 valence electrons. The van der Waals surface area contributed by atoms with Gasteiger partial charge in [0.25, 0.3) is 5.75 Å². The summed E-state index contributed by atoms with van der Waals surface area (Å²) >= 11 is 0.306. The Kier molecular flexibility index (Phi) is 2.60. The minimum Gasteiger partial charge on any atom is -0.360 e. The maximum atomic E-state index is 11.6. The van der Waals surface area contributed by atoms with E-state index < -0.39 is 0 Å². The molecule has 2 aromatic rings. The molecule has 0 saturated heterocycles. The lowest BCUT2D eigenvalue weighted by Crippen LogP contribution is -2.02. The number of benzene rings is 1. The Labute approximate surface area is 91.0 Å². The fourth-order valence-corrected chi connectivity index (χ4v) is 1.86. The smallest absolute Gasteiger partial charge is 0.360 e. The summed E-state index contributed by atoms with van der Waals surface area (Å²) in [7, 11) is 0. The molecule has 0 atom stereocenters. The second kappa shape index (κ2) is 3.90. The van der Waals surface area contributed by atoms with E-state index in [1.807, 2.05) is 25.1 Å². The van der Waals surface area contributed by atoms with Gasteiger partial charge in [-0.3, -0.25) is 4.79 Å². The van der Waals surface area contributed by atoms with Crippen LogP contribution in [-0.2, 0) is 15.9 Å². The molecule has 1 aromatic heterocycles. The van der Waals surface area contributed by atoms with Gasteiger partial charge >= 0.3 is 11.7 Å². The van der Waals surface area contributed by atoms with Gasteiger partial charge in [-0.15, -0.1) is 0 Å². The van der Waals surface area contributed by atoms with E-state index in [4.69, 9.17) is 0 Å². The first-order valence-electron chi connectivity index (χ1n) is 4.58. The molecule has 1 heterocycles. The number of fused-ring (bicyclic) bond motifs is 1. The third-order valence-corrected chi connectivity index (χ3v) is 2.71. The number of aromatic nitrogens is 1. The van der Waals surface area contributed by atoms with Crippen molar-refractivity contribution in [3.05, 3.63) is 35.5 Å². The number of Topliss-reactive ketones (excluding diaryl/α,β-unsaturated/α-hetero) is 1. The zero-order valence-corrected chi connectivity index (χ0v) is 9.06. The predicted octanol–water partition coefficient (Wildman–Crippen LogP) is 2.09. The van der Waals surface area contributed by atoms with Gasteiger partial charge in [-0.2, -0.15) is 0 Å². The summed E-state index contributed by atoms with van der Waals surface area (Å²) in [6.07, 6.45) is 1.67. The number of nitrogens with one attached hydrogen (secondary N) is 1. The quantitative estimate of drug-likeness (QED) is 0.636. The first kappa shape index (κ1) is 9.98. The van der Waals surface area contributed by atoms with Crippen molar-refractivity contribution in [1.82, 2.24) is 4.98 Å². The Morgan fingerprint density at radius 3 is 3.00 bits per heavy atom. The molecule has 0 unspecified atom stereocenters. The Hall–Kier alpha value is -1.55. The van der Waals surface area contributed by atoms with Crippen molar-refractivity contribution in [2.45, 2.75) is 6.92 Å². The molecule has 2 rings (SSSR count). The predicted molar refractivity (Wildman–Crippen MR) is 60.3 cm³/mol. The maximum Gasteiger partial charge on any atom is 0.467 e. The molecule has 1 aromatic carbocycles. The van der Waals surface area contributed by atoms with Gasteiger partial charge in [0.05, 0.1) is 0 Å². The number of H-pyrrole nitrogens is 1. The van der Waals surface area contributed by atoms with Crippen molar-refractivity contribution >= 4 is 28.4 Å². The zero-order chi connectivity index (χ0) is 10.8. The summed E-state index contributed by atoms with van der Waals surface area (Å²) in [6.45, 7) is 2.00. The fourth-order valence-electron chi connectivity index (χ4n) is 1.60. The number of carbonyl (C=O) groups excluding carboxylic acids is 1. The highest BCUT2D eigenvalue weighted by Gasteiger charge is 2.17. The summed E-state index contributed by atoms with van der Waals surface area (Å²) in [4.78, 5) is 14.6. The summed E-state index contributed by atoms with van der Waals surface area (Å²) in [5.74, 6) is -0.133. The molecule has 0 amide bonds. The van der Waals surface area contributed by atoms with Gasteiger partial charge in [0.2, 0.25) is 5.78 Å². The average Bonchev–Trinajstić information content (AvgIpc) is 2.60. The summed E-state index contributed by atoms with van der Waals surface area (Å²) < 4.78 is 10.3. The number of aryl methyl sites for hydroxylation is 1. The van der Waals surface area contributed by atoms with Crippen LogP contribution >= 0.6 is 0 Å². The van der Waals surface area contributed by atoms with Crippen LogP contribution in [0.4, 0.5) is 0 Å². The lowest BCUT2D eigenvalue weighted by molar-refractivity contribution is 0.102. The van der Waals surface area contributed by atoms with Crippen molar-refractivity contribution in [2.24, 2.45) is 0 Å². The Balaban J connectivity index is 2.53. The van der Waals surface area contributed by atoms with E-state index in [-0.39, 0.29) is 11.5 Å². The van der Waals surface area contributed by atoms with Crippen molar-refractivity contribution in [3.63, 3.8) is 0 Å². The van der Waals surface area contributed by atoms with Crippen LogP contribution in [0.15, 0.2) is 24.4 Å². The molecule has 0 aliphatic heterocycles. The van der Waals surface area contributed by atoms with E-state index in [1.54, 1.807) is 6.20 Å². The van der Waals surface area contributed by atoms with Crippen molar-refractivity contribution in [1.29, 1.82) is 0 Å². The number of hydrogen-bond acceptors (Lipinski definition) is 2. The van der Waals surface area contributed by atoms with Gasteiger partial charge in [-0.1, -0.05) is 12.1 Å². The van der Waals surface area contributed by atoms with Crippen LogP contribution in [0.3, 0.4) is 0 Å². The molecule has 4 heteroatoms. The van der Waals surface area contributed by atoms with Crippen LogP contribution in [0.1, 0.15) is 15.9 Å². The van der Waals surface area contributed by atoms with Crippen LogP contribution in [-0.4, -0.2) is 16.5 Å². The second-order valence-corrected chi connectivity index (χ2v) is 3.96. The molecule has 15 heavy (non-hydrogen) atoms. The number of rotatable bonds is 3. The van der Waals surface area contributed by atoms with Gasteiger partial charge in [-0.05, 0) is 18.6 Å². The number of hydrogen-bond donors (Lipinski definition) is 1. The van der Waals surface area contributed by atoms with Crippen LogP contribution in [0.5, 0.6) is 0 Å². The molecule has 0 spiro atoms. The first-order chi connectivity index (χ1) is 7.22. The molecule has 3 nitrogen and oxygen atoms in total. The summed E-state index contributed by atoms with van der Waals surface area (Å²) in [6, 6.07) is 5.84. The number of aromatic amines is 1. The number of ketones is 1. The van der Waals surface area contributed by atoms with E-state index in [1.165, 1.54) is 0 Å². The van der Waals surface area contributed by atoms with E-state index in [9.17, 15) is 9.00 Å².